The maximum absolute atomic E-state index is 12.8. The summed E-state index contributed by atoms with van der Waals surface area (Å²) in [7, 11) is -3.26. The summed E-state index contributed by atoms with van der Waals surface area (Å²) in [4.78, 5) is 8.36. The third-order valence-corrected chi connectivity index (χ3v) is 7.79. The van der Waals surface area contributed by atoms with Gasteiger partial charge < -0.3 is 13.8 Å². The maximum Gasteiger partial charge on any atom is 0.367 e. The smallest absolute Gasteiger partial charge is 0.367 e. The number of benzene rings is 1. The number of hydrogen-bond donors (Lipinski definition) is 0. The Kier molecular flexibility index (Phi) is 6.18. The number of nitrogens with zero attached hydrogens (tertiary/aromatic N) is 2. The highest BCUT2D eigenvalue weighted by Crippen LogP contribution is 2.50. The number of hydrogen-bond acceptors (Lipinski definition) is 7. The van der Waals surface area contributed by atoms with Crippen molar-refractivity contribution in [1.82, 2.24) is 9.88 Å². The van der Waals surface area contributed by atoms with Crippen LogP contribution in [0.1, 0.15) is 42.7 Å². The molecule has 1 saturated heterocycles. The highest BCUT2D eigenvalue weighted by molar-refractivity contribution is 7.53. The van der Waals surface area contributed by atoms with Gasteiger partial charge in [-0.3, -0.25) is 9.46 Å². The van der Waals surface area contributed by atoms with Gasteiger partial charge in [-0.1, -0.05) is 6.07 Å². The van der Waals surface area contributed by atoms with Crippen LogP contribution in [0.5, 0.6) is 5.75 Å². The molecule has 0 unspecified atom stereocenters. The van der Waals surface area contributed by atoms with Gasteiger partial charge in [-0.15, -0.1) is 11.3 Å². The number of likely N-dealkylation sites (tertiary alicyclic amines) is 1. The molecule has 0 saturated carbocycles. The first-order valence-corrected chi connectivity index (χ1v) is 12.5. The monoisotopic (exact) mass is 422 g/mol. The van der Waals surface area contributed by atoms with Gasteiger partial charge in [0, 0.05) is 23.4 Å². The zero-order valence-electron chi connectivity index (χ0n) is 16.5. The highest BCUT2D eigenvalue weighted by Gasteiger charge is 2.30. The predicted molar refractivity (Wildman–Crippen MR) is 111 cm³/mol. The van der Waals surface area contributed by atoms with Gasteiger partial charge in [0.15, 0.2) is 6.35 Å². The molecule has 0 spiro atoms. The second-order valence-corrected chi connectivity index (χ2v) is 10.0. The Morgan fingerprint density at radius 3 is 2.64 bits per heavy atom. The van der Waals surface area contributed by atoms with Crippen LogP contribution < -0.4 is 4.74 Å². The Bertz CT molecular complexity index is 869. The number of thiazole rings is 1. The number of fused-ring (bicyclic) bond motifs is 3. The lowest BCUT2D eigenvalue weighted by atomic mass is 10.0. The molecule has 1 aromatic heterocycles. The first-order valence-electron chi connectivity index (χ1n) is 9.94. The molecule has 4 rings (SSSR count). The first-order chi connectivity index (χ1) is 13.6. The third-order valence-electron chi connectivity index (χ3n) is 5.21. The predicted octanol–water partition coefficient (Wildman–Crippen LogP) is 4.91. The van der Waals surface area contributed by atoms with Crippen LogP contribution in [0.3, 0.4) is 0 Å². The zero-order chi connectivity index (χ0) is 19.6. The summed E-state index contributed by atoms with van der Waals surface area (Å²) in [5, 5.41) is 0. The standard InChI is InChI=1S/C20H27N2O4PS/c1-3-25-27(23,26-4-2)14-24-17-8-7-15(12-22-9-5-6-10-22)16-11-18-20(19(16)17)21-13-28-18/h7-8,13H,3-6,9-12,14H2,1-2H3. The van der Waals surface area contributed by atoms with Crippen molar-refractivity contribution in [1.29, 1.82) is 0 Å². The Morgan fingerprint density at radius 2 is 1.93 bits per heavy atom. The van der Waals surface area contributed by atoms with Crippen LogP contribution in [-0.4, -0.2) is 42.5 Å². The minimum absolute atomic E-state index is 0.0912. The van der Waals surface area contributed by atoms with Gasteiger partial charge in [-0.05, 0) is 57.0 Å². The van der Waals surface area contributed by atoms with Crippen molar-refractivity contribution in [3.8, 4) is 17.0 Å². The van der Waals surface area contributed by atoms with Crippen LogP contribution in [-0.2, 0) is 26.6 Å². The molecular formula is C20H27N2O4PS. The van der Waals surface area contributed by atoms with E-state index >= 15 is 0 Å². The Hall–Kier alpha value is -1.24. The average Bonchev–Trinajstić information content (AvgIpc) is 3.39. The Balaban J connectivity index is 1.61. The fourth-order valence-electron chi connectivity index (χ4n) is 4.00. The van der Waals surface area contributed by atoms with Gasteiger partial charge in [0.2, 0.25) is 0 Å². The van der Waals surface area contributed by atoms with Crippen LogP contribution in [0.4, 0.5) is 0 Å². The van der Waals surface area contributed by atoms with E-state index in [1.165, 1.54) is 41.9 Å². The topological polar surface area (TPSA) is 60.9 Å². The number of ether oxygens (including phenoxy) is 1. The van der Waals surface area contributed by atoms with E-state index in [0.29, 0.717) is 19.0 Å². The molecule has 1 aliphatic carbocycles. The quantitative estimate of drug-likeness (QED) is 0.457. The molecule has 0 N–H and O–H groups in total. The largest absolute Gasteiger partial charge is 0.480 e. The molecule has 2 aromatic rings. The zero-order valence-corrected chi connectivity index (χ0v) is 18.2. The van der Waals surface area contributed by atoms with Crippen LogP contribution in [0.15, 0.2) is 17.6 Å². The van der Waals surface area contributed by atoms with Crippen molar-refractivity contribution in [3.63, 3.8) is 0 Å². The van der Waals surface area contributed by atoms with Crippen molar-refractivity contribution >= 4 is 18.9 Å². The summed E-state index contributed by atoms with van der Waals surface area (Å²) in [6.45, 7) is 7.55. The van der Waals surface area contributed by atoms with Crippen molar-refractivity contribution in [2.75, 3.05) is 32.7 Å². The second kappa shape index (κ2) is 8.64. The summed E-state index contributed by atoms with van der Waals surface area (Å²) in [6, 6.07) is 4.14. The van der Waals surface area contributed by atoms with Gasteiger partial charge in [0.05, 0.1) is 24.4 Å². The van der Waals surface area contributed by atoms with E-state index in [0.717, 1.165) is 24.2 Å². The number of aromatic nitrogens is 1. The molecule has 2 heterocycles. The summed E-state index contributed by atoms with van der Waals surface area (Å²) in [6.07, 6.45) is 3.36. The molecule has 152 valence electrons. The van der Waals surface area contributed by atoms with E-state index in [1.54, 1.807) is 25.2 Å². The lowest BCUT2D eigenvalue weighted by molar-refractivity contribution is 0.197. The molecule has 1 aromatic carbocycles. The molecule has 28 heavy (non-hydrogen) atoms. The summed E-state index contributed by atoms with van der Waals surface area (Å²) in [5.74, 6) is 0.712. The highest BCUT2D eigenvalue weighted by atomic mass is 32.1. The molecule has 1 fully saturated rings. The van der Waals surface area contributed by atoms with E-state index in [-0.39, 0.29) is 6.35 Å². The molecule has 0 atom stereocenters. The second-order valence-electron chi connectivity index (χ2n) is 7.08. The van der Waals surface area contributed by atoms with E-state index in [4.69, 9.17) is 13.8 Å². The molecule has 1 aliphatic heterocycles. The van der Waals surface area contributed by atoms with Gasteiger partial charge in [0.1, 0.15) is 5.75 Å². The van der Waals surface area contributed by atoms with Crippen LogP contribution in [0.2, 0.25) is 0 Å². The molecule has 8 heteroatoms. The van der Waals surface area contributed by atoms with Crippen molar-refractivity contribution in [2.45, 2.75) is 39.7 Å². The van der Waals surface area contributed by atoms with E-state index in [9.17, 15) is 4.57 Å². The molecule has 0 radical (unpaired) electrons. The van der Waals surface area contributed by atoms with Crippen LogP contribution in [0.25, 0.3) is 11.3 Å². The van der Waals surface area contributed by atoms with Crippen molar-refractivity contribution in [2.24, 2.45) is 0 Å². The normalized spacial score (nSPS) is 16.4. The van der Waals surface area contributed by atoms with E-state index in [2.05, 4.69) is 16.0 Å². The van der Waals surface area contributed by atoms with Crippen molar-refractivity contribution in [3.05, 3.63) is 33.6 Å². The first kappa shape index (κ1) is 20.0. The average molecular weight is 422 g/mol. The fourth-order valence-corrected chi connectivity index (χ4v) is 6.08. The SMILES string of the molecule is CCOP(=O)(COc1ccc(CN2CCCC2)c2c1-c1ncsc1C2)OCC. The van der Waals surface area contributed by atoms with Crippen LogP contribution in [0, 0.1) is 0 Å². The van der Waals surface area contributed by atoms with Gasteiger partial charge >= 0.3 is 7.60 Å². The maximum atomic E-state index is 12.8. The van der Waals surface area contributed by atoms with Gasteiger partial charge in [-0.2, -0.15) is 0 Å². The van der Waals surface area contributed by atoms with Crippen molar-refractivity contribution < 1.29 is 18.3 Å². The van der Waals surface area contributed by atoms with Gasteiger partial charge in [0.25, 0.3) is 0 Å². The molecular weight excluding hydrogens is 395 g/mol. The van der Waals surface area contributed by atoms with E-state index in [1.807, 2.05) is 11.6 Å². The Morgan fingerprint density at radius 1 is 1.18 bits per heavy atom. The lowest BCUT2D eigenvalue weighted by Gasteiger charge is -2.21. The summed E-state index contributed by atoms with van der Waals surface area (Å²) >= 11 is 1.68. The van der Waals surface area contributed by atoms with Gasteiger partial charge in [-0.25, -0.2) is 4.98 Å². The molecule has 2 aliphatic rings. The van der Waals surface area contributed by atoms with E-state index < -0.39 is 7.60 Å². The minimum Gasteiger partial charge on any atom is -0.480 e. The molecule has 6 nitrogen and oxygen atoms in total. The summed E-state index contributed by atoms with van der Waals surface area (Å²) in [5.41, 5.74) is 6.57. The molecule has 0 bridgehead atoms. The van der Waals surface area contributed by atoms with Crippen LogP contribution >= 0.6 is 18.9 Å². The number of rotatable bonds is 9. The fraction of sp³-hybridized carbons (Fsp3) is 0.550. The Labute approximate surface area is 170 Å². The molecule has 0 amide bonds. The third kappa shape index (κ3) is 4.05. The minimum atomic E-state index is -3.26. The summed E-state index contributed by atoms with van der Waals surface area (Å²) < 4.78 is 29.5. The lowest BCUT2D eigenvalue weighted by Crippen LogP contribution is -2.19.